The second-order valence-corrected chi connectivity index (χ2v) is 8.97. The molecule has 4 rings (SSSR count). The lowest BCUT2D eigenvalue weighted by molar-refractivity contribution is -0.384. The molecule has 35 heavy (non-hydrogen) atoms. The SMILES string of the molecule is CCOc1cc(/C=C2\N=C(c3ccc([N+](=O)[O-])cc3Cl)OC2=O)ccc1OCc1cccc(I)c1. The molecule has 0 unspecified atom stereocenters. The summed E-state index contributed by atoms with van der Waals surface area (Å²) >= 11 is 8.39. The van der Waals surface area contributed by atoms with Gasteiger partial charge < -0.3 is 14.2 Å². The molecule has 0 bridgehead atoms. The number of ether oxygens (including phenoxy) is 3. The number of benzene rings is 3. The molecule has 0 aliphatic carbocycles. The lowest BCUT2D eigenvalue weighted by Gasteiger charge is -2.13. The summed E-state index contributed by atoms with van der Waals surface area (Å²) in [4.78, 5) is 27.0. The van der Waals surface area contributed by atoms with E-state index in [0.29, 0.717) is 30.3 Å². The van der Waals surface area contributed by atoms with E-state index in [9.17, 15) is 14.9 Å². The molecule has 0 aromatic heterocycles. The molecule has 0 amide bonds. The highest BCUT2D eigenvalue weighted by Crippen LogP contribution is 2.32. The van der Waals surface area contributed by atoms with Crippen LogP contribution in [0.2, 0.25) is 5.02 Å². The smallest absolute Gasteiger partial charge is 0.363 e. The molecular weight excluding hydrogens is 587 g/mol. The van der Waals surface area contributed by atoms with Crippen molar-refractivity contribution >= 4 is 57.8 Å². The normalized spacial score (nSPS) is 14.0. The van der Waals surface area contributed by atoms with Gasteiger partial charge >= 0.3 is 5.97 Å². The number of esters is 1. The molecule has 1 aliphatic heterocycles. The molecule has 3 aromatic carbocycles. The number of aliphatic imine (C=N–C) groups is 1. The monoisotopic (exact) mass is 604 g/mol. The molecule has 10 heteroatoms. The second-order valence-electron chi connectivity index (χ2n) is 7.32. The average Bonchev–Trinajstić information content (AvgIpc) is 3.18. The van der Waals surface area contributed by atoms with Gasteiger partial charge in [-0.15, -0.1) is 0 Å². The molecule has 178 valence electrons. The van der Waals surface area contributed by atoms with Gasteiger partial charge in [-0.25, -0.2) is 9.79 Å². The summed E-state index contributed by atoms with van der Waals surface area (Å²) in [7, 11) is 0. The van der Waals surface area contributed by atoms with Crippen LogP contribution in [0.25, 0.3) is 6.08 Å². The van der Waals surface area contributed by atoms with Crippen molar-refractivity contribution in [1.82, 2.24) is 0 Å². The maximum Gasteiger partial charge on any atom is 0.363 e. The molecule has 0 N–H and O–H groups in total. The van der Waals surface area contributed by atoms with E-state index >= 15 is 0 Å². The first-order valence-electron chi connectivity index (χ1n) is 10.4. The van der Waals surface area contributed by atoms with E-state index in [1.165, 1.54) is 18.2 Å². The standard InChI is InChI=1S/C25H18ClIN2O6/c1-2-33-23-12-15(6-9-22(23)34-14-16-4-3-5-17(27)10-16)11-21-25(30)35-24(28-21)19-8-7-18(29(31)32)13-20(19)26/h3-13H,2,14H2,1H3/b21-11-. The number of halogens is 2. The molecule has 1 heterocycles. The fraction of sp³-hybridized carbons (Fsp3) is 0.120. The van der Waals surface area contributed by atoms with Gasteiger partial charge in [-0.3, -0.25) is 10.1 Å². The van der Waals surface area contributed by atoms with Crippen molar-refractivity contribution in [1.29, 1.82) is 0 Å². The molecule has 0 saturated carbocycles. The first-order chi connectivity index (χ1) is 16.8. The van der Waals surface area contributed by atoms with Crippen LogP contribution in [0.5, 0.6) is 11.5 Å². The minimum absolute atomic E-state index is 0.0244. The van der Waals surface area contributed by atoms with Crippen molar-refractivity contribution in [3.05, 3.63) is 102 Å². The van der Waals surface area contributed by atoms with Crippen LogP contribution in [0, 0.1) is 13.7 Å². The predicted octanol–water partition coefficient (Wildman–Crippen LogP) is 6.18. The molecule has 3 aromatic rings. The Morgan fingerprint density at radius 1 is 1.11 bits per heavy atom. The Hall–Kier alpha value is -3.44. The number of carbonyl (C=O) groups excluding carboxylic acids is 1. The van der Waals surface area contributed by atoms with Gasteiger partial charge in [0.1, 0.15) is 6.61 Å². The average molecular weight is 605 g/mol. The van der Waals surface area contributed by atoms with Crippen molar-refractivity contribution in [3.63, 3.8) is 0 Å². The summed E-state index contributed by atoms with van der Waals surface area (Å²) in [5, 5.41) is 11.0. The Kier molecular flexibility index (Phi) is 7.67. The van der Waals surface area contributed by atoms with Gasteiger partial charge in [0.2, 0.25) is 5.90 Å². The van der Waals surface area contributed by atoms with Crippen LogP contribution >= 0.6 is 34.2 Å². The number of hydrogen-bond acceptors (Lipinski definition) is 7. The van der Waals surface area contributed by atoms with E-state index in [1.807, 2.05) is 31.2 Å². The number of nitro benzene ring substituents is 1. The van der Waals surface area contributed by atoms with Gasteiger partial charge in [0.25, 0.3) is 5.69 Å². The minimum atomic E-state index is -0.661. The first-order valence-corrected chi connectivity index (χ1v) is 11.9. The molecule has 8 nitrogen and oxygen atoms in total. The van der Waals surface area contributed by atoms with Gasteiger partial charge in [0, 0.05) is 15.7 Å². The number of cyclic esters (lactones) is 1. The predicted molar refractivity (Wildman–Crippen MR) is 140 cm³/mol. The topological polar surface area (TPSA) is 100 Å². The largest absolute Gasteiger partial charge is 0.490 e. The number of hydrogen-bond donors (Lipinski definition) is 0. The zero-order valence-corrected chi connectivity index (χ0v) is 21.3. The van der Waals surface area contributed by atoms with Crippen LogP contribution in [0.1, 0.15) is 23.6 Å². The van der Waals surface area contributed by atoms with E-state index in [1.54, 1.807) is 24.3 Å². The molecule has 0 saturated heterocycles. The van der Waals surface area contributed by atoms with Crippen LogP contribution in [-0.2, 0) is 16.1 Å². The number of non-ortho nitro benzene ring substituents is 1. The Morgan fingerprint density at radius 2 is 1.94 bits per heavy atom. The first kappa shape index (κ1) is 24.7. The Labute approximate surface area is 219 Å². The number of nitro groups is 1. The lowest BCUT2D eigenvalue weighted by atomic mass is 10.1. The van der Waals surface area contributed by atoms with Crippen LogP contribution < -0.4 is 9.47 Å². The van der Waals surface area contributed by atoms with E-state index < -0.39 is 10.9 Å². The number of nitrogens with zero attached hydrogens (tertiary/aromatic N) is 2. The third-order valence-electron chi connectivity index (χ3n) is 4.87. The summed E-state index contributed by atoms with van der Waals surface area (Å²) < 4.78 is 18.1. The quantitative estimate of drug-likeness (QED) is 0.100. The lowest BCUT2D eigenvalue weighted by Crippen LogP contribution is -2.06. The summed E-state index contributed by atoms with van der Waals surface area (Å²) in [6.45, 7) is 2.68. The van der Waals surface area contributed by atoms with E-state index in [4.69, 9.17) is 25.8 Å². The molecule has 0 fully saturated rings. The van der Waals surface area contributed by atoms with Gasteiger partial charge in [-0.1, -0.05) is 29.8 Å². The highest BCUT2D eigenvalue weighted by molar-refractivity contribution is 14.1. The summed E-state index contributed by atoms with van der Waals surface area (Å²) in [5.74, 6) is 0.417. The zero-order chi connectivity index (χ0) is 24.9. The number of rotatable bonds is 8. The van der Waals surface area contributed by atoms with Crippen molar-refractivity contribution in [2.24, 2.45) is 4.99 Å². The van der Waals surface area contributed by atoms with Crippen molar-refractivity contribution in [2.75, 3.05) is 6.61 Å². The minimum Gasteiger partial charge on any atom is -0.490 e. The van der Waals surface area contributed by atoms with Gasteiger partial charge in [-0.2, -0.15) is 0 Å². The fourth-order valence-electron chi connectivity index (χ4n) is 3.26. The van der Waals surface area contributed by atoms with Crippen molar-refractivity contribution in [2.45, 2.75) is 13.5 Å². The van der Waals surface area contributed by atoms with E-state index in [-0.39, 0.29) is 27.9 Å². The highest BCUT2D eigenvalue weighted by Gasteiger charge is 2.26. The Balaban J connectivity index is 1.57. The Morgan fingerprint density at radius 3 is 2.66 bits per heavy atom. The van der Waals surface area contributed by atoms with Crippen LogP contribution in [-0.4, -0.2) is 23.4 Å². The fourth-order valence-corrected chi connectivity index (χ4v) is 4.13. The summed E-state index contributed by atoms with van der Waals surface area (Å²) in [6, 6.07) is 17.1. The van der Waals surface area contributed by atoms with Gasteiger partial charge in [0.15, 0.2) is 17.2 Å². The zero-order valence-electron chi connectivity index (χ0n) is 18.4. The Bertz CT molecular complexity index is 1370. The second kappa shape index (κ2) is 10.9. The third-order valence-corrected chi connectivity index (χ3v) is 5.85. The molecule has 0 atom stereocenters. The van der Waals surface area contributed by atoms with Crippen molar-refractivity contribution < 1.29 is 23.9 Å². The number of carbonyl (C=O) groups is 1. The molecular formula is C25H18ClIN2O6. The van der Waals surface area contributed by atoms with Gasteiger partial charge in [0.05, 0.1) is 22.1 Å². The van der Waals surface area contributed by atoms with Gasteiger partial charge in [-0.05, 0) is 77.0 Å². The van der Waals surface area contributed by atoms with Crippen LogP contribution in [0.3, 0.4) is 0 Å². The third kappa shape index (κ3) is 5.98. The van der Waals surface area contributed by atoms with Crippen LogP contribution in [0.15, 0.2) is 71.4 Å². The highest BCUT2D eigenvalue weighted by atomic mass is 127. The van der Waals surface area contributed by atoms with Crippen LogP contribution in [0.4, 0.5) is 5.69 Å². The summed E-state index contributed by atoms with van der Waals surface area (Å²) in [6.07, 6.45) is 1.56. The summed E-state index contributed by atoms with van der Waals surface area (Å²) in [5.41, 5.74) is 1.85. The molecule has 1 aliphatic rings. The molecule has 0 radical (unpaired) electrons. The maximum absolute atomic E-state index is 12.4. The molecule has 0 spiro atoms. The van der Waals surface area contributed by atoms with Crippen molar-refractivity contribution in [3.8, 4) is 11.5 Å². The van der Waals surface area contributed by atoms with E-state index in [2.05, 4.69) is 27.6 Å². The maximum atomic E-state index is 12.4. The van der Waals surface area contributed by atoms with E-state index in [0.717, 1.165) is 9.13 Å².